The van der Waals surface area contributed by atoms with Gasteiger partial charge in [-0.1, -0.05) is 0 Å². The van der Waals surface area contributed by atoms with Gasteiger partial charge in [-0.15, -0.1) is 0 Å². The van der Waals surface area contributed by atoms with E-state index >= 15 is 0 Å². The number of ether oxygens (including phenoxy) is 2. The highest BCUT2D eigenvalue weighted by atomic mass is 19.1. The summed E-state index contributed by atoms with van der Waals surface area (Å²) < 4.78 is 24.8. The zero-order valence-electron chi connectivity index (χ0n) is 9.60. The number of alkyl halides is 1. The van der Waals surface area contributed by atoms with E-state index in [1.165, 1.54) is 12.1 Å². The van der Waals surface area contributed by atoms with Gasteiger partial charge < -0.3 is 9.47 Å². The molecule has 18 heavy (non-hydrogen) atoms. The van der Waals surface area contributed by atoms with E-state index in [0.717, 1.165) is 0 Å². The Morgan fingerprint density at radius 3 is 3.06 bits per heavy atom. The quantitative estimate of drug-likeness (QED) is 0.567. The van der Waals surface area contributed by atoms with E-state index in [9.17, 15) is 14.5 Å². The normalized spacial score (nSPS) is 29.9. The standard InChI is InChI=1S/C12H12FNO4/c13-11-7-17-4-3-12(11)6-8-5-9(14(15)16)1-2-10(8)18-12/h1-2,5,11H,3-4,6-7H2. The fraction of sp³-hybridized carbons (Fsp3) is 0.500. The topological polar surface area (TPSA) is 61.6 Å². The molecule has 96 valence electrons. The SMILES string of the molecule is O=[N+]([O-])c1ccc2c(c1)CC1(CCOCC1F)O2. The lowest BCUT2D eigenvalue weighted by Gasteiger charge is -2.35. The van der Waals surface area contributed by atoms with Crippen LogP contribution < -0.4 is 4.74 Å². The zero-order chi connectivity index (χ0) is 12.8. The van der Waals surface area contributed by atoms with Gasteiger partial charge in [0.1, 0.15) is 11.4 Å². The van der Waals surface area contributed by atoms with Crippen LogP contribution in [-0.4, -0.2) is 29.9 Å². The molecular formula is C12H12FNO4. The first-order valence-electron chi connectivity index (χ1n) is 5.79. The molecule has 2 atom stereocenters. The van der Waals surface area contributed by atoms with Crippen LogP contribution in [0.5, 0.6) is 5.75 Å². The summed E-state index contributed by atoms with van der Waals surface area (Å²) in [5.74, 6) is 0.546. The van der Waals surface area contributed by atoms with Crippen LogP contribution in [0.2, 0.25) is 0 Å². The van der Waals surface area contributed by atoms with Crippen LogP contribution in [-0.2, 0) is 11.2 Å². The summed E-state index contributed by atoms with van der Waals surface area (Å²) in [5, 5.41) is 10.7. The first kappa shape index (κ1) is 11.4. The zero-order valence-corrected chi connectivity index (χ0v) is 9.60. The molecule has 1 spiro atoms. The highest BCUT2D eigenvalue weighted by molar-refractivity contribution is 5.47. The minimum absolute atomic E-state index is 0.0110. The highest BCUT2D eigenvalue weighted by Crippen LogP contribution is 2.42. The second-order valence-electron chi connectivity index (χ2n) is 4.69. The predicted molar refractivity (Wildman–Crippen MR) is 60.5 cm³/mol. The Bertz CT molecular complexity index is 507. The van der Waals surface area contributed by atoms with Crippen molar-refractivity contribution >= 4 is 5.69 Å². The summed E-state index contributed by atoms with van der Waals surface area (Å²) in [4.78, 5) is 10.2. The van der Waals surface area contributed by atoms with Crippen molar-refractivity contribution in [3.05, 3.63) is 33.9 Å². The van der Waals surface area contributed by atoms with Crippen molar-refractivity contribution in [1.29, 1.82) is 0 Å². The molecular weight excluding hydrogens is 241 g/mol. The monoisotopic (exact) mass is 253 g/mol. The molecule has 5 nitrogen and oxygen atoms in total. The van der Waals surface area contributed by atoms with Crippen molar-refractivity contribution in [2.75, 3.05) is 13.2 Å². The van der Waals surface area contributed by atoms with Gasteiger partial charge in [0, 0.05) is 30.5 Å². The molecule has 0 aliphatic carbocycles. The van der Waals surface area contributed by atoms with E-state index in [2.05, 4.69) is 0 Å². The second-order valence-corrected chi connectivity index (χ2v) is 4.69. The van der Waals surface area contributed by atoms with Crippen LogP contribution in [0.3, 0.4) is 0 Å². The van der Waals surface area contributed by atoms with Crippen LogP contribution in [0.1, 0.15) is 12.0 Å². The van der Waals surface area contributed by atoms with Gasteiger partial charge in [0.05, 0.1) is 18.1 Å². The van der Waals surface area contributed by atoms with Gasteiger partial charge >= 0.3 is 0 Å². The maximum absolute atomic E-state index is 14.0. The van der Waals surface area contributed by atoms with Crippen molar-refractivity contribution in [1.82, 2.24) is 0 Å². The van der Waals surface area contributed by atoms with Crippen LogP contribution in [0.4, 0.5) is 10.1 Å². The van der Waals surface area contributed by atoms with Gasteiger partial charge in [0.15, 0.2) is 6.17 Å². The largest absolute Gasteiger partial charge is 0.483 e. The molecule has 1 aromatic rings. The first-order valence-corrected chi connectivity index (χ1v) is 5.79. The van der Waals surface area contributed by atoms with E-state index in [1.807, 2.05) is 0 Å². The molecule has 1 aromatic carbocycles. The number of nitrogens with zero attached hydrogens (tertiary/aromatic N) is 1. The average molecular weight is 253 g/mol. The number of benzene rings is 1. The van der Waals surface area contributed by atoms with Crippen molar-refractivity contribution in [2.24, 2.45) is 0 Å². The van der Waals surface area contributed by atoms with Crippen LogP contribution in [0.25, 0.3) is 0 Å². The van der Waals surface area contributed by atoms with E-state index < -0.39 is 16.7 Å². The van der Waals surface area contributed by atoms with E-state index in [4.69, 9.17) is 9.47 Å². The lowest BCUT2D eigenvalue weighted by Crippen LogP contribution is -2.50. The molecule has 2 unspecified atom stereocenters. The minimum Gasteiger partial charge on any atom is -0.483 e. The molecule has 1 saturated heterocycles. The maximum Gasteiger partial charge on any atom is 0.269 e. The summed E-state index contributed by atoms with van der Waals surface area (Å²) >= 11 is 0. The lowest BCUT2D eigenvalue weighted by molar-refractivity contribution is -0.384. The van der Waals surface area contributed by atoms with Crippen molar-refractivity contribution in [3.63, 3.8) is 0 Å². The number of hydrogen-bond acceptors (Lipinski definition) is 4. The molecule has 6 heteroatoms. The number of non-ortho nitro benzene ring substituents is 1. The molecule has 2 aliphatic rings. The smallest absolute Gasteiger partial charge is 0.269 e. The Balaban J connectivity index is 1.92. The van der Waals surface area contributed by atoms with Gasteiger partial charge in [-0.3, -0.25) is 10.1 Å². The highest BCUT2D eigenvalue weighted by Gasteiger charge is 2.48. The minimum atomic E-state index is -1.20. The van der Waals surface area contributed by atoms with Crippen LogP contribution >= 0.6 is 0 Å². The van der Waals surface area contributed by atoms with Gasteiger partial charge in [-0.05, 0) is 6.07 Å². The van der Waals surface area contributed by atoms with E-state index in [1.54, 1.807) is 6.07 Å². The molecule has 1 fully saturated rings. The molecule has 2 aliphatic heterocycles. The number of rotatable bonds is 1. The number of fused-ring (bicyclic) bond motifs is 1. The number of nitro groups is 1. The average Bonchev–Trinajstić information content (AvgIpc) is 2.71. The number of nitro benzene ring substituents is 1. The van der Waals surface area contributed by atoms with Crippen molar-refractivity contribution < 1.29 is 18.8 Å². The Kier molecular flexibility index (Phi) is 2.48. The van der Waals surface area contributed by atoms with Gasteiger partial charge in [0.2, 0.25) is 0 Å². The van der Waals surface area contributed by atoms with Crippen molar-refractivity contribution in [2.45, 2.75) is 24.6 Å². The summed E-state index contributed by atoms with van der Waals surface area (Å²) in [7, 11) is 0. The van der Waals surface area contributed by atoms with Crippen molar-refractivity contribution in [3.8, 4) is 5.75 Å². The summed E-state index contributed by atoms with van der Waals surface area (Å²) in [6, 6.07) is 4.39. The Morgan fingerprint density at radius 1 is 1.50 bits per heavy atom. The molecule has 0 bridgehead atoms. The predicted octanol–water partition coefficient (Wildman–Crippen LogP) is 2.03. The molecule has 2 heterocycles. The molecule has 0 N–H and O–H groups in total. The number of halogens is 1. The molecule has 0 aromatic heterocycles. The third-order valence-electron chi connectivity index (χ3n) is 3.56. The Morgan fingerprint density at radius 2 is 2.33 bits per heavy atom. The third kappa shape index (κ3) is 1.64. The van der Waals surface area contributed by atoms with Gasteiger partial charge in [-0.2, -0.15) is 0 Å². The Hall–Kier alpha value is -1.69. The van der Waals surface area contributed by atoms with E-state index in [-0.39, 0.29) is 12.3 Å². The lowest BCUT2D eigenvalue weighted by atomic mass is 9.88. The first-order chi connectivity index (χ1) is 8.61. The van der Waals surface area contributed by atoms with Gasteiger partial charge in [-0.25, -0.2) is 4.39 Å². The molecule has 0 radical (unpaired) electrons. The fourth-order valence-electron chi connectivity index (χ4n) is 2.55. The van der Waals surface area contributed by atoms with E-state index in [0.29, 0.717) is 30.8 Å². The second kappa shape index (κ2) is 3.91. The van der Waals surface area contributed by atoms with Crippen LogP contribution in [0, 0.1) is 10.1 Å². The maximum atomic E-state index is 14.0. The fourth-order valence-corrected chi connectivity index (χ4v) is 2.55. The number of hydrogen-bond donors (Lipinski definition) is 0. The summed E-state index contributed by atoms with van der Waals surface area (Å²) in [5.41, 5.74) is -0.180. The molecule has 0 saturated carbocycles. The summed E-state index contributed by atoms with van der Waals surface area (Å²) in [6.07, 6.45) is -0.358. The Labute approximate surface area is 103 Å². The summed E-state index contributed by atoms with van der Waals surface area (Å²) in [6.45, 7) is 0.479. The molecule has 0 amide bonds. The molecule has 3 rings (SSSR count). The van der Waals surface area contributed by atoms with Gasteiger partial charge in [0.25, 0.3) is 5.69 Å². The van der Waals surface area contributed by atoms with Crippen LogP contribution in [0.15, 0.2) is 18.2 Å². The third-order valence-corrected chi connectivity index (χ3v) is 3.56.